The molecule has 3 aliphatic rings. The van der Waals surface area contributed by atoms with Crippen molar-refractivity contribution >= 4 is 45.0 Å². The molecule has 8 heteroatoms. The molecule has 0 fully saturated rings. The Morgan fingerprint density at radius 3 is 2.54 bits per heavy atom. The number of nitrogens with two attached hydrogens (primary N) is 1. The third-order valence-corrected chi connectivity index (χ3v) is 7.33. The maximum Gasteiger partial charge on any atom is 0.339 e. The van der Waals surface area contributed by atoms with Crippen LogP contribution in [0, 0.1) is 5.41 Å². The summed E-state index contributed by atoms with van der Waals surface area (Å²) in [6.07, 6.45) is 0.737. The summed E-state index contributed by atoms with van der Waals surface area (Å²) in [5.74, 6) is -1.31. The lowest BCUT2D eigenvalue weighted by molar-refractivity contribution is -0.140. The van der Waals surface area contributed by atoms with Gasteiger partial charge >= 0.3 is 5.97 Å². The molecule has 7 nitrogen and oxygen atoms in total. The fourth-order valence-electron chi connectivity index (χ4n) is 5.58. The van der Waals surface area contributed by atoms with E-state index < -0.39 is 17.3 Å². The van der Waals surface area contributed by atoms with Crippen molar-refractivity contribution in [2.24, 2.45) is 11.1 Å². The average Bonchev–Trinajstić information content (AvgIpc) is 3.05. The molecule has 2 aliphatic heterocycles. The van der Waals surface area contributed by atoms with Gasteiger partial charge in [-0.1, -0.05) is 48.0 Å². The number of carbonyl (C=O) groups is 3. The van der Waals surface area contributed by atoms with Gasteiger partial charge in [0.15, 0.2) is 5.78 Å². The molecule has 0 aromatic heterocycles. The zero-order valence-electron chi connectivity index (χ0n) is 19.8. The van der Waals surface area contributed by atoms with Crippen molar-refractivity contribution in [3.8, 4) is 0 Å². The summed E-state index contributed by atoms with van der Waals surface area (Å²) in [5.41, 5.74) is 7.36. The molecule has 3 N–H and O–H groups in total. The van der Waals surface area contributed by atoms with Crippen molar-refractivity contribution in [3.05, 3.63) is 81.2 Å². The normalized spacial score (nSPS) is 22.8. The van der Waals surface area contributed by atoms with Gasteiger partial charge in [0.2, 0.25) is 5.91 Å². The van der Waals surface area contributed by atoms with Crippen LogP contribution in [0.2, 0.25) is 0 Å². The highest BCUT2D eigenvalue weighted by atomic mass is 79.9. The van der Waals surface area contributed by atoms with E-state index >= 15 is 0 Å². The minimum atomic E-state index is -1.70. The number of Topliss-reactive ketones (excluding diaryl/α,β-unsaturated/α-hetero) is 1. The van der Waals surface area contributed by atoms with E-state index in [1.165, 1.54) is 0 Å². The maximum absolute atomic E-state index is 14.0. The van der Waals surface area contributed by atoms with Crippen LogP contribution < -0.4 is 16.0 Å². The molecule has 2 aromatic carbocycles. The van der Waals surface area contributed by atoms with Gasteiger partial charge in [-0.25, -0.2) is 4.79 Å². The zero-order chi connectivity index (χ0) is 25.1. The highest BCUT2D eigenvalue weighted by molar-refractivity contribution is 9.10. The Hall–Kier alpha value is -3.39. The molecule has 1 amide bonds. The van der Waals surface area contributed by atoms with Gasteiger partial charge in [0, 0.05) is 39.1 Å². The Kier molecular flexibility index (Phi) is 5.40. The number of fused-ring (bicyclic) bond motifs is 3. The van der Waals surface area contributed by atoms with E-state index in [9.17, 15) is 14.4 Å². The fourth-order valence-corrected chi connectivity index (χ4v) is 5.94. The lowest BCUT2D eigenvalue weighted by atomic mass is 9.60. The summed E-state index contributed by atoms with van der Waals surface area (Å²) in [7, 11) is 0. The number of ether oxygens (including phenoxy) is 1. The van der Waals surface area contributed by atoms with Gasteiger partial charge < -0.3 is 15.8 Å². The smallest absolute Gasteiger partial charge is 0.339 e. The first-order chi connectivity index (χ1) is 16.6. The van der Waals surface area contributed by atoms with Crippen molar-refractivity contribution < 1.29 is 19.1 Å². The van der Waals surface area contributed by atoms with Crippen LogP contribution in [0.4, 0.5) is 11.4 Å². The number of hydrogen-bond donors (Lipinski definition) is 2. The van der Waals surface area contributed by atoms with Crippen LogP contribution in [0.25, 0.3) is 0 Å². The van der Waals surface area contributed by atoms with Gasteiger partial charge in [-0.3, -0.25) is 14.5 Å². The van der Waals surface area contributed by atoms with E-state index in [4.69, 9.17) is 10.5 Å². The first kappa shape index (κ1) is 23.4. The van der Waals surface area contributed by atoms with Crippen LogP contribution in [0.1, 0.15) is 39.2 Å². The van der Waals surface area contributed by atoms with E-state index in [1.54, 1.807) is 30.0 Å². The maximum atomic E-state index is 14.0. The topological polar surface area (TPSA) is 102 Å². The molecule has 1 unspecified atom stereocenters. The van der Waals surface area contributed by atoms with E-state index in [1.807, 2.05) is 44.2 Å². The minimum absolute atomic E-state index is 0.0376. The molecule has 0 bridgehead atoms. The Labute approximate surface area is 212 Å². The number of allylic oxidation sites excluding steroid dienone is 1. The Morgan fingerprint density at radius 2 is 1.86 bits per heavy atom. The Morgan fingerprint density at radius 1 is 1.14 bits per heavy atom. The van der Waals surface area contributed by atoms with Crippen LogP contribution in [-0.2, 0) is 24.5 Å². The van der Waals surface area contributed by atoms with Crippen LogP contribution >= 0.6 is 15.9 Å². The molecule has 35 heavy (non-hydrogen) atoms. The monoisotopic (exact) mass is 535 g/mol. The molecule has 1 spiro atoms. The van der Waals surface area contributed by atoms with Crippen LogP contribution in [0.15, 0.2) is 75.7 Å². The van der Waals surface area contributed by atoms with Crippen molar-refractivity contribution in [2.45, 2.75) is 39.0 Å². The Balaban J connectivity index is 1.93. The van der Waals surface area contributed by atoms with Crippen LogP contribution in [-0.4, -0.2) is 24.3 Å². The lowest BCUT2D eigenvalue weighted by Crippen LogP contribution is -2.54. The number of nitrogens with zero attached hydrogens (tertiary/aromatic N) is 1. The molecular formula is C27H26BrN3O4. The van der Waals surface area contributed by atoms with Crippen molar-refractivity contribution in [1.29, 1.82) is 0 Å². The third kappa shape index (κ3) is 3.34. The van der Waals surface area contributed by atoms with E-state index in [2.05, 4.69) is 21.2 Å². The number of rotatable bonds is 3. The van der Waals surface area contributed by atoms with Crippen molar-refractivity contribution in [3.63, 3.8) is 0 Å². The highest BCUT2D eigenvalue weighted by Gasteiger charge is 2.63. The summed E-state index contributed by atoms with van der Waals surface area (Å²) >= 11 is 3.49. The Bertz CT molecular complexity index is 1350. The van der Waals surface area contributed by atoms with E-state index in [0.717, 1.165) is 0 Å². The van der Waals surface area contributed by atoms with Crippen molar-refractivity contribution in [2.75, 3.05) is 16.8 Å². The second-order valence-electron chi connectivity index (χ2n) is 9.81. The van der Waals surface area contributed by atoms with Gasteiger partial charge in [-0.2, -0.15) is 0 Å². The fraction of sp³-hybridized carbons (Fsp3) is 0.296. The highest BCUT2D eigenvalue weighted by Crippen LogP contribution is 2.57. The second-order valence-corrected chi connectivity index (χ2v) is 10.7. The molecule has 180 valence electrons. The van der Waals surface area contributed by atoms with Gasteiger partial charge in [0.05, 0.1) is 6.61 Å². The van der Waals surface area contributed by atoms with E-state index in [-0.39, 0.29) is 41.2 Å². The molecule has 0 saturated heterocycles. The summed E-state index contributed by atoms with van der Waals surface area (Å²) in [5, 5.41) is 2.90. The van der Waals surface area contributed by atoms with E-state index in [0.29, 0.717) is 33.5 Å². The zero-order valence-corrected chi connectivity index (χ0v) is 21.4. The average molecular weight is 536 g/mol. The van der Waals surface area contributed by atoms with Gasteiger partial charge in [-0.15, -0.1) is 0 Å². The summed E-state index contributed by atoms with van der Waals surface area (Å²) in [6.45, 7) is 5.82. The first-order valence-electron chi connectivity index (χ1n) is 11.5. The van der Waals surface area contributed by atoms with Crippen LogP contribution in [0.3, 0.4) is 0 Å². The third-order valence-electron chi connectivity index (χ3n) is 6.84. The number of amides is 1. The lowest BCUT2D eigenvalue weighted by Gasteiger charge is -2.47. The molecule has 2 heterocycles. The number of esters is 1. The number of nitrogens with one attached hydrogen (secondary N) is 1. The number of benzene rings is 2. The van der Waals surface area contributed by atoms with Gasteiger partial charge in [-0.05, 0) is 49.1 Å². The van der Waals surface area contributed by atoms with Gasteiger partial charge in [0.25, 0.3) is 0 Å². The number of hydrogen-bond acceptors (Lipinski definition) is 6. The molecule has 0 radical (unpaired) electrons. The number of ketones is 1. The summed E-state index contributed by atoms with van der Waals surface area (Å²) < 4.78 is 6.16. The van der Waals surface area contributed by atoms with Crippen molar-refractivity contribution in [1.82, 2.24) is 0 Å². The predicted octanol–water partition coefficient (Wildman–Crippen LogP) is 4.54. The number of halogens is 1. The first-order valence-corrected chi connectivity index (χ1v) is 12.3. The molecule has 2 aromatic rings. The summed E-state index contributed by atoms with van der Waals surface area (Å²) in [4.78, 5) is 43.3. The molecule has 5 rings (SSSR count). The SMILES string of the molecule is CCOC(=O)C1=C(N)N(c2ccccc2)C2=C(C(=O)CC(C)(C)C2)C12C(=O)Nc1ccc(Br)cc12. The standard InChI is InChI=1S/C27H26BrN3O4/c1-4-35-24(33)22-23(29)31(16-8-6-5-7-9-16)19-13-26(2,3)14-20(32)21(19)27(22)17-12-15(28)10-11-18(17)30-25(27)34/h5-12H,4,13-14,29H2,1-3H3,(H,30,34). The second kappa shape index (κ2) is 8.09. The quantitative estimate of drug-likeness (QED) is 0.559. The molecule has 0 saturated carbocycles. The summed E-state index contributed by atoms with van der Waals surface area (Å²) in [6, 6.07) is 14.7. The number of carbonyl (C=O) groups excluding carboxylic acids is 3. The number of anilines is 2. The molecular weight excluding hydrogens is 510 g/mol. The molecule has 1 atom stereocenters. The van der Waals surface area contributed by atoms with Gasteiger partial charge in [0.1, 0.15) is 16.8 Å². The predicted molar refractivity (Wildman–Crippen MR) is 136 cm³/mol. The van der Waals surface area contributed by atoms with Crippen LogP contribution in [0.5, 0.6) is 0 Å². The number of para-hydroxylation sites is 1. The molecule has 1 aliphatic carbocycles. The largest absolute Gasteiger partial charge is 0.462 e. The minimum Gasteiger partial charge on any atom is -0.462 e.